The van der Waals surface area contributed by atoms with E-state index in [4.69, 9.17) is 11.6 Å². The fraction of sp³-hybridized carbons (Fsp3) is 0.200. The van der Waals surface area contributed by atoms with Crippen LogP contribution >= 0.6 is 22.9 Å². The molecule has 0 saturated carbocycles. The van der Waals surface area contributed by atoms with Crippen molar-refractivity contribution >= 4 is 33.0 Å². The summed E-state index contributed by atoms with van der Waals surface area (Å²) in [6.07, 6.45) is 0. The first-order valence-corrected chi connectivity index (χ1v) is 7.77. The summed E-state index contributed by atoms with van der Waals surface area (Å²) < 4.78 is 2.25. The summed E-state index contributed by atoms with van der Waals surface area (Å²) in [6, 6.07) is 7.47. The molecular formula is C15H13ClN2O2S. The summed E-state index contributed by atoms with van der Waals surface area (Å²) in [5.74, 6) is -0.0713. The second-order valence-corrected chi connectivity index (χ2v) is 6.42. The SMILES string of the molecule is CC(C)c1c(Cl)[nH]c(=O)n(-c2ccc3sccc3c2)c1=O. The lowest BCUT2D eigenvalue weighted by Gasteiger charge is -2.11. The van der Waals surface area contributed by atoms with Crippen molar-refractivity contribution in [2.75, 3.05) is 0 Å². The third kappa shape index (κ3) is 2.32. The number of hydrogen-bond donors (Lipinski definition) is 1. The highest BCUT2D eigenvalue weighted by Gasteiger charge is 2.16. The molecule has 108 valence electrons. The van der Waals surface area contributed by atoms with E-state index >= 15 is 0 Å². The van der Waals surface area contributed by atoms with Gasteiger partial charge >= 0.3 is 5.69 Å². The molecule has 21 heavy (non-hydrogen) atoms. The Morgan fingerprint density at radius 3 is 2.71 bits per heavy atom. The van der Waals surface area contributed by atoms with Crippen LogP contribution in [0.2, 0.25) is 5.15 Å². The van der Waals surface area contributed by atoms with Crippen molar-refractivity contribution in [3.8, 4) is 5.69 Å². The molecule has 4 nitrogen and oxygen atoms in total. The van der Waals surface area contributed by atoms with Crippen molar-refractivity contribution in [2.24, 2.45) is 0 Å². The molecule has 1 aromatic carbocycles. The van der Waals surface area contributed by atoms with E-state index in [2.05, 4.69) is 4.98 Å². The average molecular weight is 321 g/mol. The Hall–Kier alpha value is -1.85. The molecule has 0 radical (unpaired) electrons. The highest BCUT2D eigenvalue weighted by Crippen LogP contribution is 2.23. The van der Waals surface area contributed by atoms with Crippen LogP contribution in [-0.2, 0) is 0 Å². The molecule has 3 aromatic rings. The van der Waals surface area contributed by atoms with Gasteiger partial charge in [0.15, 0.2) is 0 Å². The van der Waals surface area contributed by atoms with Gasteiger partial charge in [0.05, 0.1) is 11.3 Å². The fourth-order valence-corrected chi connectivity index (χ4v) is 3.50. The standard InChI is InChI=1S/C15H13ClN2O2S/c1-8(2)12-13(16)17-15(20)18(14(12)19)10-3-4-11-9(7-10)5-6-21-11/h3-8H,1-2H3,(H,17,20). The van der Waals surface area contributed by atoms with Crippen molar-refractivity contribution < 1.29 is 0 Å². The maximum Gasteiger partial charge on any atom is 0.334 e. The number of halogens is 1. The number of thiophene rings is 1. The number of rotatable bonds is 2. The average Bonchev–Trinajstić information content (AvgIpc) is 2.84. The van der Waals surface area contributed by atoms with Crippen molar-refractivity contribution in [1.29, 1.82) is 0 Å². The monoisotopic (exact) mass is 320 g/mol. The van der Waals surface area contributed by atoms with Crippen LogP contribution in [0.4, 0.5) is 0 Å². The predicted octanol–water partition coefficient (Wildman–Crippen LogP) is 3.52. The van der Waals surface area contributed by atoms with E-state index in [1.807, 2.05) is 37.4 Å². The summed E-state index contributed by atoms with van der Waals surface area (Å²) in [7, 11) is 0. The first kappa shape index (κ1) is 14.1. The van der Waals surface area contributed by atoms with Crippen LogP contribution in [-0.4, -0.2) is 9.55 Å². The number of hydrogen-bond acceptors (Lipinski definition) is 3. The zero-order valence-electron chi connectivity index (χ0n) is 11.5. The quantitative estimate of drug-likeness (QED) is 0.734. The first-order chi connectivity index (χ1) is 9.99. The number of fused-ring (bicyclic) bond motifs is 1. The maximum absolute atomic E-state index is 12.6. The summed E-state index contributed by atoms with van der Waals surface area (Å²) in [6.45, 7) is 3.74. The molecule has 0 spiro atoms. The van der Waals surface area contributed by atoms with Gasteiger partial charge in [0.2, 0.25) is 0 Å². The molecule has 0 bridgehead atoms. The second-order valence-electron chi connectivity index (χ2n) is 5.10. The Morgan fingerprint density at radius 2 is 2.00 bits per heavy atom. The molecule has 0 aliphatic carbocycles. The fourth-order valence-electron chi connectivity index (χ4n) is 2.35. The minimum Gasteiger partial charge on any atom is -0.297 e. The Balaban J connectivity index is 2.33. The summed E-state index contributed by atoms with van der Waals surface area (Å²) in [4.78, 5) is 27.3. The molecule has 1 N–H and O–H groups in total. The summed E-state index contributed by atoms with van der Waals surface area (Å²) in [5, 5.41) is 3.10. The van der Waals surface area contributed by atoms with E-state index in [1.54, 1.807) is 17.4 Å². The van der Waals surface area contributed by atoms with Crippen LogP contribution in [0.1, 0.15) is 25.3 Å². The number of benzene rings is 1. The van der Waals surface area contributed by atoms with Crippen molar-refractivity contribution in [3.63, 3.8) is 0 Å². The van der Waals surface area contributed by atoms with E-state index in [-0.39, 0.29) is 16.6 Å². The van der Waals surface area contributed by atoms with E-state index in [0.717, 1.165) is 14.7 Å². The highest BCUT2D eigenvalue weighted by molar-refractivity contribution is 7.17. The molecule has 0 atom stereocenters. The number of nitrogens with one attached hydrogen (secondary N) is 1. The van der Waals surface area contributed by atoms with Crippen molar-refractivity contribution in [3.05, 3.63) is 61.2 Å². The Bertz CT molecular complexity index is 937. The van der Waals surface area contributed by atoms with Crippen molar-refractivity contribution in [1.82, 2.24) is 9.55 Å². The van der Waals surface area contributed by atoms with Crippen LogP contribution in [0, 0.1) is 0 Å². The van der Waals surface area contributed by atoms with Crippen molar-refractivity contribution in [2.45, 2.75) is 19.8 Å². The Labute approximate surface area is 129 Å². The van der Waals surface area contributed by atoms with E-state index in [9.17, 15) is 9.59 Å². The molecule has 6 heteroatoms. The van der Waals surface area contributed by atoms with E-state index in [0.29, 0.717) is 11.3 Å². The van der Waals surface area contributed by atoms with Gasteiger partial charge in [0.25, 0.3) is 5.56 Å². The lowest BCUT2D eigenvalue weighted by Crippen LogP contribution is -2.36. The Kier molecular flexibility index (Phi) is 3.47. The van der Waals surface area contributed by atoms with Crippen LogP contribution in [0.3, 0.4) is 0 Å². The molecular weight excluding hydrogens is 308 g/mol. The van der Waals surface area contributed by atoms with Gasteiger partial charge in [-0.1, -0.05) is 25.4 Å². The topological polar surface area (TPSA) is 54.9 Å². The van der Waals surface area contributed by atoms with Gasteiger partial charge in [-0.05, 0) is 40.9 Å². The summed E-state index contributed by atoms with van der Waals surface area (Å²) >= 11 is 7.62. The third-order valence-corrected chi connectivity index (χ3v) is 4.56. The molecule has 0 amide bonds. The van der Waals surface area contributed by atoms with Crippen LogP contribution in [0.25, 0.3) is 15.8 Å². The second kappa shape index (κ2) is 5.16. The number of aromatic nitrogens is 2. The normalized spacial score (nSPS) is 11.4. The van der Waals surface area contributed by atoms with Gasteiger partial charge in [-0.2, -0.15) is 0 Å². The van der Waals surface area contributed by atoms with Gasteiger partial charge < -0.3 is 0 Å². The van der Waals surface area contributed by atoms with Gasteiger partial charge in [-0.25, -0.2) is 9.36 Å². The van der Waals surface area contributed by atoms with Crippen LogP contribution in [0.15, 0.2) is 39.2 Å². The lowest BCUT2D eigenvalue weighted by atomic mass is 10.1. The molecule has 2 heterocycles. The first-order valence-electron chi connectivity index (χ1n) is 6.51. The highest BCUT2D eigenvalue weighted by atomic mass is 35.5. The molecule has 0 aliphatic heterocycles. The molecule has 3 rings (SSSR count). The zero-order valence-corrected chi connectivity index (χ0v) is 13.1. The van der Waals surface area contributed by atoms with Gasteiger partial charge in [-0.15, -0.1) is 11.3 Å². The number of nitrogens with zero attached hydrogens (tertiary/aromatic N) is 1. The van der Waals surface area contributed by atoms with Gasteiger partial charge in [-0.3, -0.25) is 9.78 Å². The zero-order chi connectivity index (χ0) is 15.1. The van der Waals surface area contributed by atoms with Crippen LogP contribution < -0.4 is 11.2 Å². The van der Waals surface area contributed by atoms with Crippen LogP contribution in [0.5, 0.6) is 0 Å². The third-order valence-electron chi connectivity index (χ3n) is 3.36. The molecule has 0 fully saturated rings. The van der Waals surface area contributed by atoms with E-state index < -0.39 is 5.69 Å². The number of H-pyrrole nitrogens is 1. The molecule has 0 aliphatic rings. The maximum atomic E-state index is 12.6. The lowest BCUT2D eigenvalue weighted by molar-refractivity contribution is 0.778. The van der Waals surface area contributed by atoms with Gasteiger partial charge in [0.1, 0.15) is 5.15 Å². The minimum absolute atomic E-state index is 0.0713. The molecule has 0 unspecified atom stereocenters. The number of aromatic amines is 1. The largest absolute Gasteiger partial charge is 0.334 e. The Morgan fingerprint density at radius 1 is 1.24 bits per heavy atom. The van der Waals surface area contributed by atoms with Gasteiger partial charge in [0, 0.05) is 4.70 Å². The summed E-state index contributed by atoms with van der Waals surface area (Å²) in [5.41, 5.74) is 0.0738. The molecule has 2 aromatic heterocycles. The minimum atomic E-state index is -0.524. The smallest absolute Gasteiger partial charge is 0.297 e. The van der Waals surface area contributed by atoms with E-state index in [1.165, 1.54) is 0 Å². The molecule has 0 saturated heterocycles. The predicted molar refractivity (Wildman–Crippen MR) is 87.1 cm³/mol.